The van der Waals surface area contributed by atoms with Crippen molar-refractivity contribution in [1.82, 2.24) is 9.78 Å². The molecule has 6 nitrogen and oxygen atoms in total. The fourth-order valence-corrected chi connectivity index (χ4v) is 3.65. The molecule has 0 bridgehead atoms. The zero-order chi connectivity index (χ0) is 19.1. The van der Waals surface area contributed by atoms with Gasteiger partial charge in [-0.2, -0.15) is 5.10 Å². The van der Waals surface area contributed by atoms with E-state index in [1.165, 1.54) is 10.9 Å². The lowest BCUT2D eigenvalue weighted by atomic mass is 10.1. The Kier molecular flexibility index (Phi) is 4.31. The molecule has 0 spiro atoms. The predicted octanol–water partition coefficient (Wildman–Crippen LogP) is 4.16. The number of hydrogen-bond acceptors (Lipinski definition) is 4. The van der Waals surface area contributed by atoms with E-state index in [4.69, 9.17) is 4.42 Å². The van der Waals surface area contributed by atoms with Crippen LogP contribution < -0.4 is 10.9 Å². The molecule has 4 aromatic rings. The molecule has 136 valence electrons. The highest BCUT2D eigenvalue weighted by molar-refractivity contribution is 9.10. The van der Waals surface area contributed by atoms with Gasteiger partial charge in [-0.05, 0) is 59.6 Å². The minimum Gasteiger partial charge on any atom is -0.422 e. The maximum Gasteiger partial charge on any atom is 0.347 e. The average molecular weight is 426 g/mol. The minimum atomic E-state index is -0.464. The number of aryl methyl sites for hydroxylation is 2. The number of carbonyl (C=O) groups excluding carboxylic acids is 1. The highest BCUT2D eigenvalue weighted by Gasteiger charge is 2.16. The number of benzene rings is 2. The van der Waals surface area contributed by atoms with Crippen LogP contribution in [-0.4, -0.2) is 15.7 Å². The largest absolute Gasteiger partial charge is 0.422 e. The van der Waals surface area contributed by atoms with Gasteiger partial charge in [0.05, 0.1) is 17.4 Å². The fraction of sp³-hybridized carbons (Fsp3) is 0.150. The van der Waals surface area contributed by atoms with Crippen LogP contribution >= 0.6 is 15.9 Å². The Morgan fingerprint density at radius 1 is 1.15 bits per heavy atom. The van der Waals surface area contributed by atoms with Crippen LogP contribution in [0.2, 0.25) is 0 Å². The molecular weight excluding hydrogens is 410 g/mol. The van der Waals surface area contributed by atoms with Gasteiger partial charge in [0.15, 0.2) is 0 Å². The van der Waals surface area contributed by atoms with Gasteiger partial charge in [-0.25, -0.2) is 4.79 Å². The second kappa shape index (κ2) is 6.66. The van der Waals surface area contributed by atoms with Gasteiger partial charge in [0.25, 0.3) is 0 Å². The van der Waals surface area contributed by atoms with Crippen LogP contribution in [0.4, 0.5) is 5.69 Å². The third-order valence-electron chi connectivity index (χ3n) is 4.34. The number of nitrogens with one attached hydrogen (secondary N) is 1. The van der Waals surface area contributed by atoms with E-state index in [-0.39, 0.29) is 12.5 Å². The minimum absolute atomic E-state index is 0.0175. The van der Waals surface area contributed by atoms with Gasteiger partial charge >= 0.3 is 5.63 Å². The van der Waals surface area contributed by atoms with E-state index in [0.717, 1.165) is 21.0 Å². The van der Waals surface area contributed by atoms with Gasteiger partial charge in [-0.3, -0.25) is 9.48 Å². The summed E-state index contributed by atoms with van der Waals surface area (Å²) in [6.45, 7) is 3.92. The Bertz CT molecular complexity index is 1260. The summed E-state index contributed by atoms with van der Waals surface area (Å²) < 4.78 is 7.70. The van der Waals surface area contributed by atoms with Crippen LogP contribution in [0.5, 0.6) is 0 Å². The van der Waals surface area contributed by atoms with Crippen molar-refractivity contribution < 1.29 is 9.21 Å². The normalized spacial score (nSPS) is 11.2. The Balaban J connectivity index is 1.73. The molecule has 0 fully saturated rings. The number of hydrogen-bond donors (Lipinski definition) is 1. The second-order valence-electron chi connectivity index (χ2n) is 6.49. The van der Waals surface area contributed by atoms with Gasteiger partial charge in [0, 0.05) is 9.86 Å². The van der Waals surface area contributed by atoms with Crippen LogP contribution in [0.25, 0.3) is 21.9 Å². The molecule has 0 atom stereocenters. The van der Waals surface area contributed by atoms with E-state index in [1.807, 2.05) is 44.2 Å². The fourth-order valence-electron chi connectivity index (χ4n) is 3.06. The summed E-state index contributed by atoms with van der Waals surface area (Å²) in [5.41, 5.74) is 3.41. The van der Waals surface area contributed by atoms with E-state index < -0.39 is 5.63 Å². The molecule has 0 saturated carbocycles. The van der Waals surface area contributed by atoms with Gasteiger partial charge in [-0.15, -0.1) is 0 Å². The number of rotatable bonds is 3. The molecule has 0 aliphatic heterocycles. The summed E-state index contributed by atoms with van der Waals surface area (Å²) in [6, 6.07) is 11.2. The number of fused-ring (bicyclic) bond motifs is 3. The third-order valence-corrected chi connectivity index (χ3v) is 5.00. The summed E-state index contributed by atoms with van der Waals surface area (Å²) in [5, 5.41) is 8.22. The SMILES string of the molecule is Cc1ccc(NC(=O)Cn2ncc3c(=O)oc4ccc(C)cc4c32)c(Br)c1. The van der Waals surface area contributed by atoms with Crippen LogP contribution in [0.1, 0.15) is 11.1 Å². The molecule has 4 rings (SSSR count). The molecule has 0 aliphatic carbocycles. The molecule has 2 aromatic heterocycles. The van der Waals surface area contributed by atoms with E-state index in [1.54, 1.807) is 6.07 Å². The van der Waals surface area contributed by atoms with Crippen molar-refractivity contribution in [3.05, 3.63) is 68.6 Å². The first-order chi connectivity index (χ1) is 12.9. The molecule has 0 radical (unpaired) electrons. The number of anilines is 1. The molecule has 2 aromatic carbocycles. The average Bonchev–Trinajstić information content (AvgIpc) is 3.03. The second-order valence-corrected chi connectivity index (χ2v) is 7.34. The summed E-state index contributed by atoms with van der Waals surface area (Å²) in [7, 11) is 0. The summed E-state index contributed by atoms with van der Waals surface area (Å²) in [6.07, 6.45) is 1.44. The van der Waals surface area contributed by atoms with Gasteiger partial charge in [0.2, 0.25) is 5.91 Å². The van der Waals surface area contributed by atoms with Crippen molar-refractivity contribution in [3.8, 4) is 0 Å². The van der Waals surface area contributed by atoms with Crippen molar-refractivity contribution >= 4 is 49.4 Å². The molecule has 0 saturated heterocycles. The first-order valence-electron chi connectivity index (χ1n) is 8.37. The molecule has 7 heteroatoms. The summed E-state index contributed by atoms with van der Waals surface area (Å²) in [4.78, 5) is 24.8. The number of aromatic nitrogens is 2. The van der Waals surface area contributed by atoms with E-state index in [0.29, 0.717) is 22.2 Å². The van der Waals surface area contributed by atoms with Crippen molar-refractivity contribution in [2.75, 3.05) is 5.32 Å². The summed E-state index contributed by atoms with van der Waals surface area (Å²) >= 11 is 3.45. The highest BCUT2D eigenvalue weighted by Crippen LogP contribution is 2.25. The highest BCUT2D eigenvalue weighted by atomic mass is 79.9. The Hall–Kier alpha value is -2.93. The van der Waals surface area contributed by atoms with Gasteiger partial charge in [-0.1, -0.05) is 17.7 Å². The first kappa shape index (κ1) is 17.5. The maximum absolute atomic E-state index is 12.6. The number of amides is 1. The number of nitrogens with zero attached hydrogens (tertiary/aromatic N) is 2. The first-order valence-corrected chi connectivity index (χ1v) is 9.16. The van der Waals surface area contributed by atoms with E-state index in [9.17, 15) is 9.59 Å². The smallest absolute Gasteiger partial charge is 0.347 e. The van der Waals surface area contributed by atoms with Crippen LogP contribution in [0, 0.1) is 13.8 Å². The zero-order valence-electron chi connectivity index (χ0n) is 14.7. The zero-order valence-corrected chi connectivity index (χ0v) is 16.3. The predicted molar refractivity (Wildman–Crippen MR) is 108 cm³/mol. The van der Waals surface area contributed by atoms with Gasteiger partial charge < -0.3 is 9.73 Å². The van der Waals surface area contributed by atoms with Crippen molar-refractivity contribution in [2.24, 2.45) is 0 Å². The van der Waals surface area contributed by atoms with Crippen LogP contribution in [-0.2, 0) is 11.3 Å². The molecule has 27 heavy (non-hydrogen) atoms. The molecular formula is C20H16BrN3O3. The molecule has 1 N–H and O–H groups in total. The lowest BCUT2D eigenvalue weighted by Gasteiger charge is -2.09. The number of halogens is 1. The van der Waals surface area contributed by atoms with Crippen LogP contribution in [0.15, 0.2) is 56.3 Å². The molecule has 0 aliphatic rings. The van der Waals surface area contributed by atoms with Gasteiger partial charge in [0.1, 0.15) is 17.5 Å². The van der Waals surface area contributed by atoms with Crippen molar-refractivity contribution in [2.45, 2.75) is 20.4 Å². The maximum atomic E-state index is 12.6. The van der Waals surface area contributed by atoms with E-state index in [2.05, 4.69) is 26.3 Å². The summed E-state index contributed by atoms with van der Waals surface area (Å²) in [5.74, 6) is -0.237. The Labute approximate surface area is 162 Å². The van der Waals surface area contributed by atoms with Crippen LogP contribution in [0.3, 0.4) is 0 Å². The molecule has 1 amide bonds. The Morgan fingerprint density at radius 3 is 2.67 bits per heavy atom. The quantitative estimate of drug-likeness (QED) is 0.499. The Morgan fingerprint density at radius 2 is 1.89 bits per heavy atom. The standard InChI is InChI=1S/C20H16BrN3O3/c1-11-4-6-17-13(7-11)19-14(20(26)27-17)9-22-24(19)10-18(25)23-16-5-3-12(2)8-15(16)21/h3-9H,10H2,1-2H3,(H,23,25). The molecule has 0 unspecified atom stereocenters. The molecule has 2 heterocycles. The third kappa shape index (κ3) is 3.26. The van der Waals surface area contributed by atoms with Crippen molar-refractivity contribution in [3.63, 3.8) is 0 Å². The van der Waals surface area contributed by atoms with E-state index >= 15 is 0 Å². The van der Waals surface area contributed by atoms with Crippen molar-refractivity contribution in [1.29, 1.82) is 0 Å². The number of carbonyl (C=O) groups is 1. The topological polar surface area (TPSA) is 77.1 Å². The lowest BCUT2D eigenvalue weighted by molar-refractivity contribution is -0.116. The monoisotopic (exact) mass is 425 g/mol. The lowest BCUT2D eigenvalue weighted by Crippen LogP contribution is -2.20.